The molecule has 2 aromatic rings. The largest absolute Gasteiger partial charge is 0.478 e. The molecule has 0 radical (unpaired) electrons. The van der Waals surface area contributed by atoms with Crippen LogP contribution in [0.2, 0.25) is 0 Å². The summed E-state index contributed by atoms with van der Waals surface area (Å²) in [6, 6.07) is 9.69. The number of nitrogens with one attached hydrogen (secondary N) is 1. The number of carbonyl (C=O) groups is 3. The molecule has 136 valence electrons. The first-order valence-electron chi connectivity index (χ1n) is 8.47. The van der Waals surface area contributed by atoms with E-state index in [1.54, 1.807) is 29.2 Å². The zero-order valence-electron chi connectivity index (χ0n) is 14.2. The molecule has 0 aliphatic carbocycles. The number of carboxylic acids is 1. The molecule has 1 aliphatic rings. The van der Waals surface area contributed by atoms with E-state index in [1.165, 1.54) is 18.4 Å². The highest BCUT2D eigenvalue weighted by atomic mass is 16.4. The van der Waals surface area contributed by atoms with Crippen molar-refractivity contribution < 1.29 is 23.9 Å². The Morgan fingerprint density at radius 1 is 1.15 bits per heavy atom. The normalized spacial score (nSPS) is 14.8. The van der Waals surface area contributed by atoms with Gasteiger partial charge in [-0.05, 0) is 42.7 Å². The monoisotopic (exact) mass is 356 g/mol. The molecule has 26 heavy (non-hydrogen) atoms. The zero-order valence-corrected chi connectivity index (χ0v) is 14.2. The van der Waals surface area contributed by atoms with E-state index in [0.29, 0.717) is 37.3 Å². The van der Waals surface area contributed by atoms with E-state index < -0.39 is 5.97 Å². The van der Waals surface area contributed by atoms with Gasteiger partial charge in [0.05, 0.1) is 18.2 Å². The number of nitrogens with zero attached hydrogens (tertiary/aromatic N) is 1. The second-order valence-corrected chi connectivity index (χ2v) is 6.29. The Hall–Kier alpha value is -3.09. The molecule has 0 spiro atoms. The Kier molecular flexibility index (Phi) is 5.36. The van der Waals surface area contributed by atoms with E-state index >= 15 is 0 Å². The number of hydrogen-bond donors (Lipinski definition) is 2. The van der Waals surface area contributed by atoms with E-state index in [2.05, 4.69) is 5.32 Å². The topological polar surface area (TPSA) is 99.9 Å². The van der Waals surface area contributed by atoms with Gasteiger partial charge in [-0.15, -0.1) is 0 Å². The summed E-state index contributed by atoms with van der Waals surface area (Å²) in [6.45, 7) is 1.11. The van der Waals surface area contributed by atoms with Gasteiger partial charge in [0.15, 0.2) is 5.76 Å². The van der Waals surface area contributed by atoms with E-state index in [1.807, 2.05) is 0 Å². The van der Waals surface area contributed by atoms with Crippen molar-refractivity contribution in [2.45, 2.75) is 25.3 Å². The van der Waals surface area contributed by atoms with E-state index in [4.69, 9.17) is 9.52 Å². The average Bonchev–Trinajstić information content (AvgIpc) is 3.16. The standard InChI is InChI=1S/C19H20N2O5/c22-17(12-13-3-1-4-14(11-13)19(24)25)20-15-6-8-21(9-7-15)18(23)16-5-2-10-26-16/h1-5,10-11,15H,6-9,12H2,(H,20,22)(H,24,25). The van der Waals surface area contributed by atoms with Crippen molar-refractivity contribution in [3.05, 3.63) is 59.5 Å². The van der Waals surface area contributed by atoms with Crippen LogP contribution < -0.4 is 5.32 Å². The van der Waals surface area contributed by atoms with Gasteiger partial charge in [0.1, 0.15) is 0 Å². The molecular formula is C19H20N2O5. The molecule has 2 heterocycles. The van der Waals surface area contributed by atoms with Crippen molar-refractivity contribution in [1.82, 2.24) is 10.2 Å². The summed E-state index contributed by atoms with van der Waals surface area (Å²) in [5.41, 5.74) is 0.827. The fraction of sp³-hybridized carbons (Fsp3) is 0.316. The Balaban J connectivity index is 1.48. The minimum atomic E-state index is -1.01. The summed E-state index contributed by atoms with van der Waals surface area (Å²) >= 11 is 0. The number of piperidine rings is 1. The average molecular weight is 356 g/mol. The molecule has 7 nitrogen and oxygen atoms in total. The van der Waals surface area contributed by atoms with Crippen LogP contribution in [-0.4, -0.2) is 46.9 Å². The number of carbonyl (C=O) groups excluding carboxylic acids is 2. The van der Waals surface area contributed by atoms with Crippen molar-refractivity contribution in [3.8, 4) is 0 Å². The lowest BCUT2D eigenvalue weighted by Crippen LogP contribution is -2.46. The molecule has 2 N–H and O–H groups in total. The predicted octanol–water partition coefficient (Wildman–Crippen LogP) is 1.94. The third-order valence-corrected chi connectivity index (χ3v) is 4.42. The smallest absolute Gasteiger partial charge is 0.335 e. The summed E-state index contributed by atoms with van der Waals surface area (Å²) < 4.78 is 5.13. The molecule has 3 rings (SSSR count). The molecule has 2 amide bonds. The van der Waals surface area contributed by atoms with Gasteiger partial charge >= 0.3 is 5.97 Å². The van der Waals surface area contributed by atoms with E-state index in [9.17, 15) is 14.4 Å². The van der Waals surface area contributed by atoms with Crippen molar-refractivity contribution in [2.75, 3.05) is 13.1 Å². The lowest BCUT2D eigenvalue weighted by molar-refractivity contribution is -0.121. The number of benzene rings is 1. The Morgan fingerprint density at radius 2 is 1.92 bits per heavy atom. The summed E-state index contributed by atoms with van der Waals surface area (Å²) in [5, 5.41) is 12.0. The molecule has 1 aromatic heterocycles. The van der Waals surface area contributed by atoms with Crippen molar-refractivity contribution in [2.24, 2.45) is 0 Å². The van der Waals surface area contributed by atoms with E-state index in [0.717, 1.165) is 0 Å². The minimum absolute atomic E-state index is 0.00538. The molecule has 0 atom stereocenters. The molecule has 1 saturated heterocycles. The maximum absolute atomic E-state index is 12.2. The maximum Gasteiger partial charge on any atom is 0.335 e. The highest BCUT2D eigenvalue weighted by molar-refractivity contribution is 5.91. The first-order valence-corrected chi connectivity index (χ1v) is 8.47. The van der Waals surface area contributed by atoms with Gasteiger partial charge < -0.3 is 19.7 Å². The molecule has 0 bridgehead atoms. The van der Waals surface area contributed by atoms with Crippen molar-refractivity contribution in [3.63, 3.8) is 0 Å². The third-order valence-electron chi connectivity index (χ3n) is 4.42. The molecular weight excluding hydrogens is 336 g/mol. The summed E-state index contributed by atoms with van der Waals surface area (Å²) in [5.74, 6) is -0.972. The zero-order chi connectivity index (χ0) is 18.5. The maximum atomic E-state index is 12.2. The minimum Gasteiger partial charge on any atom is -0.478 e. The van der Waals surface area contributed by atoms with Gasteiger partial charge in [-0.3, -0.25) is 9.59 Å². The third kappa shape index (κ3) is 4.30. The van der Waals surface area contributed by atoms with Crippen LogP contribution in [0.25, 0.3) is 0 Å². The van der Waals surface area contributed by atoms with Crippen LogP contribution in [0.4, 0.5) is 0 Å². The lowest BCUT2D eigenvalue weighted by atomic mass is 10.0. The summed E-state index contributed by atoms with van der Waals surface area (Å²) in [7, 11) is 0. The Labute approximate surface area is 150 Å². The number of likely N-dealkylation sites (tertiary alicyclic amines) is 1. The first kappa shape index (κ1) is 17.7. The van der Waals surface area contributed by atoms with Gasteiger partial charge in [0, 0.05) is 19.1 Å². The molecule has 0 unspecified atom stereocenters. The van der Waals surface area contributed by atoms with Crippen LogP contribution in [0.15, 0.2) is 47.1 Å². The molecule has 1 fully saturated rings. The highest BCUT2D eigenvalue weighted by Crippen LogP contribution is 2.15. The van der Waals surface area contributed by atoms with Gasteiger partial charge in [0.2, 0.25) is 5.91 Å². The fourth-order valence-corrected chi connectivity index (χ4v) is 3.06. The quantitative estimate of drug-likeness (QED) is 0.853. The second kappa shape index (κ2) is 7.86. The van der Waals surface area contributed by atoms with Crippen molar-refractivity contribution in [1.29, 1.82) is 0 Å². The Bertz CT molecular complexity index is 792. The van der Waals surface area contributed by atoms with Crippen LogP contribution in [0, 0.1) is 0 Å². The van der Waals surface area contributed by atoms with E-state index in [-0.39, 0.29) is 29.8 Å². The van der Waals surface area contributed by atoms with Crippen molar-refractivity contribution >= 4 is 17.8 Å². The van der Waals surface area contributed by atoms with Crippen LogP contribution >= 0.6 is 0 Å². The van der Waals surface area contributed by atoms with Crippen LogP contribution in [-0.2, 0) is 11.2 Å². The second-order valence-electron chi connectivity index (χ2n) is 6.29. The lowest BCUT2D eigenvalue weighted by Gasteiger charge is -2.31. The number of carboxylic acid groups (broad SMARTS) is 1. The van der Waals surface area contributed by atoms with Gasteiger partial charge in [-0.2, -0.15) is 0 Å². The van der Waals surface area contributed by atoms with Crippen LogP contribution in [0.5, 0.6) is 0 Å². The van der Waals surface area contributed by atoms with Gasteiger partial charge in [-0.1, -0.05) is 12.1 Å². The summed E-state index contributed by atoms with van der Waals surface area (Å²) in [6.07, 6.45) is 2.95. The first-order chi connectivity index (χ1) is 12.5. The highest BCUT2D eigenvalue weighted by Gasteiger charge is 2.25. The van der Waals surface area contributed by atoms with Gasteiger partial charge in [-0.25, -0.2) is 4.79 Å². The predicted molar refractivity (Wildman–Crippen MR) is 92.9 cm³/mol. The number of hydrogen-bond acceptors (Lipinski definition) is 4. The molecule has 7 heteroatoms. The fourth-order valence-electron chi connectivity index (χ4n) is 3.06. The molecule has 0 saturated carbocycles. The number of amides is 2. The van der Waals surface area contributed by atoms with Gasteiger partial charge in [0.25, 0.3) is 5.91 Å². The molecule has 1 aliphatic heterocycles. The molecule has 1 aromatic carbocycles. The SMILES string of the molecule is O=C(Cc1cccc(C(=O)O)c1)NC1CCN(C(=O)c2ccco2)CC1. The van der Waals surface area contributed by atoms with Crippen LogP contribution in [0.1, 0.15) is 39.3 Å². The summed E-state index contributed by atoms with van der Waals surface area (Å²) in [4.78, 5) is 37.1. The number of rotatable bonds is 5. The van der Waals surface area contributed by atoms with Crippen LogP contribution in [0.3, 0.4) is 0 Å². The Morgan fingerprint density at radius 3 is 2.58 bits per heavy atom. The number of aromatic carboxylic acids is 1. The number of furan rings is 1.